The van der Waals surface area contributed by atoms with Crippen molar-refractivity contribution in [1.82, 2.24) is 0 Å². The van der Waals surface area contributed by atoms with Crippen molar-refractivity contribution in [2.75, 3.05) is 5.73 Å². The van der Waals surface area contributed by atoms with Crippen LogP contribution in [0.4, 0.5) is 10.1 Å². The van der Waals surface area contributed by atoms with Gasteiger partial charge in [-0.3, -0.25) is 10.2 Å². The summed E-state index contributed by atoms with van der Waals surface area (Å²) in [5.74, 6) is -1.40. The summed E-state index contributed by atoms with van der Waals surface area (Å²) in [7, 11) is 0. The van der Waals surface area contributed by atoms with E-state index in [2.05, 4.69) is 0 Å². The average molecular weight is 311 g/mol. The molecule has 0 aliphatic rings. The standard InChI is InChI=1S/C14H9Cl2FN2O/c15-8-4-2-5-9(16)11(8)14(20)13(19)7-3-1-6-10(17)12(7)18/h1-6,19H,18H2. The van der Waals surface area contributed by atoms with Crippen molar-refractivity contribution in [2.24, 2.45) is 0 Å². The van der Waals surface area contributed by atoms with Crippen LogP contribution in [0.25, 0.3) is 0 Å². The molecule has 3 nitrogen and oxygen atoms in total. The summed E-state index contributed by atoms with van der Waals surface area (Å²) in [6.07, 6.45) is 0. The van der Waals surface area contributed by atoms with Crippen LogP contribution >= 0.6 is 23.2 Å². The fourth-order valence-corrected chi connectivity index (χ4v) is 2.29. The maximum atomic E-state index is 13.4. The van der Waals surface area contributed by atoms with E-state index >= 15 is 0 Å². The van der Waals surface area contributed by atoms with Gasteiger partial charge in [-0.05, 0) is 18.2 Å². The van der Waals surface area contributed by atoms with Crippen LogP contribution in [0.2, 0.25) is 10.0 Å². The fourth-order valence-electron chi connectivity index (χ4n) is 1.72. The van der Waals surface area contributed by atoms with Crippen LogP contribution in [0.1, 0.15) is 15.9 Å². The van der Waals surface area contributed by atoms with Gasteiger partial charge >= 0.3 is 0 Å². The van der Waals surface area contributed by atoms with E-state index < -0.39 is 17.3 Å². The van der Waals surface area contributed by atoms with Gasteiger partial charge in [0.1, 0.15) is 11.5 Å². The fraction of sp³-hybridized carbons (Fsp3) is 0. The van der Waals surface area contributed by atoms with Crippen LogP contribution in [0.3, 0.4) is 0 Å². The molecule has 0 unspecified atom stereocenters. The molecule has 0 aliphatic carbocycles. The van der Waals surface area contributed by atoms with Gasteiger partial charge in [-0.25, -0.2) is 4.39 Å². The van der Waals surface area contributed by atoms with E-state index in [1.165, 1.54) is 24.3 Å². The average Bonchev–Trinajstić information content (AvgIpc) is 2.41. The van der Waals surface area contributed by atoms with Crippen molar-refractivity contribution >= 4 is 40.4 Å². The smallest absolute Gasteiger partial charge is 0.214 e. The number of nitrogens with two attached hydrogens (primary N) is 1. The van der Waals surface area contributed by atoms with Gasteiger partial charge in [0, 0.05) is 5.56 Å². The molecular weight excluding hydrogens is 302 g/mol. The minimum atomic E-state index is -0.710. The SMILES string of the molecule is N=C(C(=O)c1c(Cl)cccc1Cl)c1cccc(F)c1N. The van der Waals surface area contributed by atoms with Crippen molar-refractivity contribution in [3.05, 3.63) is 63.4 Å². The molecule has 0 saturated carbocycles. The zero-order valence-corrected chi connectivity index (χ0v) is 11.6. The molecular formula is C14H9Cl2FN2O. The molecule has 2 aromatic rings. The summed E-state index contributed by atoms with van der Waals surface area (Å²) in [5, 5.41) is 8.14. The van der Waals surface area contributed by atoms with Crippen molar-refractivity contribution in [3.63, 3.8) is 0 Å². The molecule has 20 heavy (non-hydrogen) atoms. The molecule has 0 spiro atoms. The summed E-state index contributed by atoms with van der Waals surface area (Å²) < 4.78 is 13.4. The van der Waals surface area contributed by atoms with E-state index in [0.717, 1.165) is 6.07 Å². The number of hydrogen-bond donors (Lipinski definition) is 2. The summed E-state index contributed by atoms with van der Waals surface area (Å²) in [4.78, 5) is 12.3. The van der Waals surface area contributed by atoms with Gasteiger partial charge in [-0.2, -0.15) is 0 Å². The minimum absolute atomic E-state index is 0.00416. The molecule has 3 N–H and O–H groups in total. The molecule has 0 amide bonds. The largest absolute Gasteiger partial charge is 0.396 e. The van der Waals surface area contributed by atoms with Crippen LogP contribution in [-0.4, -0.2) is 11.5 Å². The third kappa shape index (κ3) is 2.53. The van der Waals surface area contributed by atoms with E-state index in [1.807, 2.05) is 0 Å². The third-order valence-corrected chi connectivity index (χ3v) is 3.37. The molecule has 0 aliphatic heterocycles. The van der Waals surface area contributed by atoms with Crippen LogP contribution in [0.15, 0.2) is 36.4 Å². The number of halogens is 3. The Morgan fingerprint density at radius 3 is 2.25 bits per heavy atom. The Kier molecular flexibility index (Phi) is 4.06. The Labute approximate surface area is 124 Å². The van der Waals surface area contributed by atoms with Gasteiger partial charge in [-0.15, -0.1) is 0 Å². The zero-order chi connectivity index (χ0) is 14.9. The second kappa shape index (κ2) is 5.61. The molecule has 2 rings (SSSR count). The Hall–Kier alpha value is -1.91. The van der Waals surface area contributed by atoms with Crippen molar-refractivity contribution in [1.29, 1.82) is 5.41 Å². The summed E-state index contributed by atoms with van der Waals surface area (Å²) in [5.41, 5.74) is 4.83. The quantitative estimate of drug-likeness (QED) is 0.512. The molecule has 0 aromatic heterocycles. The number of hydrogen-bond acceptors (Lipinski definition) is 3. The first-order valence-corrected chi connectivity index (χ1v) is 6.30. The van der Waals surface area contributed by atoms with Gasteiger partial charge in [0.25, 0.3) is 0 Å². The highest BCUT2D eigenvalue weighted by molar-refractivity contribution is 6.56. The predicted octanol–water partition coefficient (Wildman–Crippen LogP) is 3.97. The first kappa shape index (κ1) is 14.5. The van der Waals surface area contributed by atoms with Crippen molar-refractivity contribution in [3.8, 4) is 0 Å². The van der Waals surface area contributed by atoms with E-state index in [9.17, 15) is 9.18 Å². The predicted molar refractivity (Wildman–Crippen MR) is 78.4 cm³/mol. The molecule has 102 valence electrons. The second-order valence-electron chi connectivity index (χ2n) is 4.00. The number of nitrogen functional groups attached to an aromatic ring is 1. The van der Waals surface area contributed by atoms with Crippen molar-refractivity contribution < 1.29 is 9.18 Å². The normalized spacial score (nSPS) is 10.3. The summed E-state index contributed by atoms with van der Waals surface area (Å²) >= 11 is 11.8. The first-order valence-electron chi connectivity index (χ1n) is 5.55. The number of para-hydroxylation sites is 1. The number of benzene rings is 2. The maximum Gasteiger partial charge on any atom is 0.214 e. The van der Waals surface area contributed by atoms with Gasteiger partial charge in [0.05, 0.1) is 21.3 Å². The lowest BCUT2D eigenvalue weighted by atomic mass is 9.99. The molecule has 0 saturated heterocycles. The van der Waals surface area contributed by atoms with Crippen LogP contribution in [0, 0.1) is 11.2 Å². The first-order chi connectivity index (χ1) is 9.43. The van der Waals surface area contributed by atoms with E-state index in [-0.39, 0.29) is 26.9 Å². The number of rotatable bonds is 3. The van der Waals surface area contributed by atoms with Crippen LogP contribution in [-0.2, 0) is 0 Å². The highest BCUT2D eigenvalue weighted by Crippen LogP contribution is 2.27. The Morgan fingerprint density at radius 1 is 1.10 bits per heavy atom. The number of carbonyl (C=O) groups is 1. The van der Waals surface area contributed by atoms with Gasteiger partial charge < -0.3 is 5.73 Å². The van der Waals surface area contributed by atoms with Gasteiger partial charge in [-0.1, -0.05) is 41.4 Å². The lowest BCUT2D eigenvalue weighted by Crippen LogP contribution is -2.17. The third-order valence-electron chi connectivity index (χ3n) is 2.74. The molecule has 0 bridgehead atoms. The molecule has 0 atom stereocenters. The molecule has 0 fully saturated rings. The zero-order valence-electron chi connectivity index (χ0n) is 10.1. The summed E-state index contributed by atoms with van der Waals surface area (Å²) in [6, 6.07) is 8.48. The highest BCUT2D eigenvalue weighted by Gasteiger charge is 2.22. The van der Waals surface area contributed by atoms with Gasteiger partial charge in [0.2, 0.25) is 5.78 Å². The lowest BCUT2D eigenvalue weighted by Gasteiger charge is -2.09. The molecule has 0 radical (unpaired) electrons. The van der Waals surface area contributed by atoms with E-state index in [0.29, 0.717) is 0 Å². The molecule has 0 heterocycles. The Balaban J connectivity index is 2.49. The monoisotopic (exact) mass is 310 g/mol. The topological polar surface area (TPSA) is 66.9 Å². The van der Waals surface area contributed by atoms with E-state index in [4.69, 9.17) is 34.3 Å². The Bertz CT molecular complexity index is 696. The number of nitrogens with one attached hydrogen (secondary N) is 1. The van der Waals surface area contributed by atoms with Crippen molar-refractivity contribution in [2.45, 2.75) is 0 Å². The summed E-state index contributed by atoms with van der Waals surface area (Å²) in [6.45, 7) is 0. The lowest BCUT2D eigenvalue weighted by molar-refractivity contribution is 0.106. The maximum absolute atomic E-state index is 13.4. The van der Waals surface area contributed by atoms with Crippen LogP contribution in [0.5, 0.6) is 0 Å². The number of anilines is 1. The van der Waals surface area contributed by atoms with E-state index in [1.54, 1.807) is 6.07 Å². The number of carbonyl (C=O) groups excluding carboxylic acids is 1. The molecule has 2 aromatic carbocycles. The Morgan fingerprint density at radius 2 is 1.65 bits per heavy atom. The second-order valence-corrected chi connectivity index (χ2v) is 4.82. The van der Waals surface area contributed by atoms with Gasteiger partial charge in [0.15, 0.2) is 0 Å². The number of ketones is 1. The highest BCUT2D eigenvalue weighted by atomic mass is 35.5. The molecule has 6 heteroatoms. The van der Waals surface area contributed by atoms with Crippen LogP contribution < -0.4 is 5.73 Å². The number of Topliss-reactive ketones (excluding diaryl/α,β-unsaturated/α-hetero) is 1. The minimum Gasteiger partial charge on any atom is -0.396 e.